The van der Waals surface area contributed by atoms with E-state index in [1.54, 1.807) is 29.9 Å². The molecule has 1 fully saturated rings. The van der Waals surface area contributed by atoms with Crippen molar-refractivity contribution in [1.29, 1.82) is 0 Å². The van der Waals surface area contributed by atoms with Gasteiger partial charge in [0.05, 0.1) is 10.7 Å². The Morgan fingerprint density at radius 1 is 1.41 bits per heavy atom. The Morgan fingerprint density at radius 3 is 2.86 bits per heavy atom. The van der Waals surface area contributed by atoms with E-state index >= 15 is 0 Å². The first kappa shape index (κ1) is 15.2. The van der Waals surface area contributed by atoms with Crippen molar-refractivity contribution in [3.63, 3.8) is 0 Å². The normalized spacial score (nSPS) is 14.0. The Kier molecular flexibility index (Phi) is 4.27. The average molecular weight is 340 g/mol. The summed E-state index contributed by atoms with van der Waals surface area (Å²) in [5.74, 6) is 1.36. The summed E-state index contributed by atoms with van der Waals surface area (Å²) < 4.78 is 7.07. The molecule has 0 saturated heterocycles. The number of hydrogen-bond donors (Lipinski definition) is 1. The molecule has 0 bridgehead atoms. The zero-order valence-electron chi connectivity index (χ0n) is 12.0. The lowest BCUT2D eigenvalue weighted by Crippen LogP contribution is -2.21. The van der Waals surface area contributed by atoms with Crippen molar-refractivity contribution >= 4 is 34.9 Å². The monoisotopic (exact) mass is 339 g/mol. The Balaban J connectivity index is 1.58. The van der Waals surface area contributed by atoms with Gasteiger partial charge in [0.2, 0.25) is 0 Å². The quantitative estimate of drug-likeness (QED) is 0.904. The molecule has 1 N–H and O–H groups in total. The SMILES string of the molecule is Cn1nc(C2CC2)cc1NC(=O)COc1ccc(Cl)cc1Cl. The highest BCUT2D eigenvalue weighted by Crippen LogP contribution is 2.39. The predicted molar refractivity (Wildman–Crippen MR) is 85.8 cm³/mol. The van der Waals surface area contributed by atoms with Crippen molar-refractivity contribution in [1.82, 2.24) is 9.78 Å². The summed E-state index contributed by atoms with van der Waals surface area (Å²) in [5, 5.41) is 8.06. The van der Waals surface area contributed by atoms with Crippen LogP contribution in [0.15, 0.2) is 24.3 Å². The lowest BCUT2D eigenvalue weighted by atomic mass is 10.3. The summed E-state index contributed by atoms with van der Waals surface area (Å²) in [7, 11) is 1.80. The molecule has 116 valence electrons. The van der Waals surface area contributed by atoms with Gasteiger partial charge >= 0.3 is 0 Å². The second-order valence-corrected chi connectivity index (χ2v) is 6.11. The molecule has 1 heterocycles. The molecule has 1 amide bonds. The molecule has 5 nitrogen and oxygen atoms in total. The van der Waals surface area contributed by atoms with Crippen LogP contribution in [0.1, 0.15) is 24.5 Å². The number of nitrogens with one attached hydrogen (secondary N) is 1. The van der Waals surface area contributed by atoms with Crippen LogP contribution in [0.3, 0.4) is 0 Å². The number of hydrogen-bond acceptors (Lipinski definition) is 3. The van der Waals surface area contributed by atoms with E-state index in [1.807, 2.05) is 6.07 Å². The van der Waals surface area contributed by atoms with Crippen LogP contribution in [-0.2, 0) is 11.8 Å². The van der Waals surface area contributed by atoms with Crippen molar-refractivity contribution in [3.8, 4) is 5.75 Å². The van der Waals surface area contributed by atoms with Crippen LogP contribution < -0.4 is 10.1 Å². The van der Waals surface area contributed by atoms with Gasteiger partial charge in [-0.2, -0.15) is 5.10 Å². The first-order valence-electron chi connectivity index (χ1n) is 6.94. The van der Waals surface area contributed by atoms with Gasteiger partial charge in [-0.15, -0.1) is 0 Å². The van der Waals surface area contributed by atoms with Crippen LogP contribution >= 0.6 is 23.2 Å². The van der Waals surface area contributed by atoms with Gasteiger partial charge in [0.15, 0.2) is 6.61 Å². The molecule has 0 radical (unpaired) electrons. The molecule has 1 aliphatic rings. The molecule has 0 unspecified atom stereocenters. The summed E-state index contributed by atoms with van der Waals surface area (Å²) in [6.45, 7) is -0.134. The van der Waals surface area contributed by atoms with Gasteiger partial charge in [-0.05, 0) is 31.0 Å². The Bertz CT molecular complexity index is 711. The predicted octanol–water partition coefficient (Wildman–Crippen LogP) is 3.62. The van der Waals surface area contributed by atoms with Crippen molar-refractivity contribution in [3.05, 3.63) is 40.0 Å². The first-order chi connectivity index (χ1) is 10.5. The van der Waals surface area contributed by atoms with E-state index < -0.39 is 0 Å². The van der Waals surface area contributed by atoms with Gasteiger partial charge in [-0.3, -0.25) is 9.48 Å². The summed E-state index contributed by atoms with van der Waals surface area (Å²) in [5.41, 5.74) is 1.03. The van der Waals surface area contributed by atoms with Crippen molar-refractivity contribution in [2.24, 2.45) is 7.05 Å². The molecule has 0 spiro atoms. The molecule has 3 rings (SSSR count). The second kappa shape index (κ2) is 6.18. The molecule has 1 aromatic heterocycles. The van der Waals surface area contributed by atoms with E-state index in [-0.39, 0.29) is 12.5 Å². The fourth-order valence-corrected chi connectivity index (χ4v) is 2.56. The highest BCUT2D eigenvalue weighted by molar-refractivity contribution is 6.35. The molecule has 1 aliphatic carbocycles. The van der Waals surface area contributed by atoms with Gasteiger partial charge in [-0.25, -0.2) is 0 Å². The number of carbonyl (C=O) groups is 1. The number of amides is 1. The van der Waals surface area contributed by atoms with Gasteiger partial charge in [0.1, 0.15) is 11.6 Å². The van der Waals surface area contributed by atoms with Crippen LogP contribution in [0.25, 0.3) is 0 Å². The fourth-order valence-electron chi connectivity index (χ4n) is 2.10. The summed E-state index contributed by atoms with van der Waals surface area (Å²) in [6, 6.07) is 6.77. The van der Waals surface area contributed by atoms with Gasteiger partial charge in [-0.1, -0.05) is 23.2 Å². The highest BCUT2D eigenvalue weighted by Gasteiger charge is 2.27. The minimum absolute atomic E-state index is 0.134. The lowest BCUT2D eigenvalue weighted by Gasteiger charge is -2.08. The maximum absolute atomic E-state index is 12.0. The van der Waals surface area contributed by atoms with E-state index in [2.05, 4.69) is 10.4 Å². The lowest BCUT2D eigenvalue weighted by molar-refractivity contribution is -0.118. The molecule has 1 saturated carbocycles. The molecule has 0 atom stereocenters. The third-order valence-electron chi connectivity index (χ3n) is 3.41. The molecule has 22 heavy (non-hydrogen) atoms. The van der Waals surface area contributed by atoms with E-state index in [9.17, 15) is 4.79 Å². The van der Waals surface area contributed by atoms with Crippen LogP contribution in [0.2, 0.25) is 10.0 Å². The first-order valence-corrected chi connectivity index (χ1v) is 7.70. The maximum Gasteiger partial charge on any atom is 0.263 e. The average Bonchev–Trinajstić information content (AvgIpc) is 3.24. The zero-order valence-corrected chi connectivity index (χ0v) is 13.5. The van der Waals surface area contributed by atoms with Crippen LogP contribution in [0.4, 0.5) is 5.82 Å². The number of rotatable bonds is 5. The number of anilines is 1. The third kappa shape index (κ3) is 3.54. The number of aryl methyl sites for hydroxylation is 1. The van der Waals surface area contributed by atoms with Gasteiger partial charge in [0, 0.05) is 24.1 Å². The van der Waals surface area contributed by atoms with Crippen molar-refractivity contribution < 1.29 is 9.53 Å². The molecule has 0 aliphatic heterocycles. The largest absolute Gasteiger partial charge is 0.482 e. The van der Waals surface area contributed by atoms with E-state index in [4.69, 9.17) is 27.9 Å². The number of carbonyl (C=O) groups excluding carboxylic acids is 1. The minimum atomic E-state index is -0.267. The number of halogens is 2. The summed E-state index contributed by atoms with van der Waals surface area (Å²) >= 11 is 11.8. The highest BCUT2D eigenvalue weighted by atomic mass is 35.5. The van der Waals surface area contributed by atoms with Crippen LogP contribution in [0, 0.1) is 0 Å². The Labute approximate surface area is 138 Å². The maximum atomic E-state index is 12.0. The number of ether oxygens (including phenoxy) is 1. The summed E-state index contributed by atoms with van der Waals surface area (Å²) in [6.07, 6.45) is 2.34. The second-order valence-electron chi connectivity index (χ2n) is 5.26. The summed E-state index contributed by atoms with van der Waals surface area (Å²) in [4.78, 5) is 12.0. The van der Waals surface area contributed by atoms with Gasteiger partial charge < -0.3 is 10.1 Å². The van der Waals surface area contributed by atoms with E-state index in [0.717, 1.165) is 5.69 Å². The van der Waals surface area contributed by atoms with Crippen molar-refractivity contribution in [2.45, 2.75) is 18.8 Å². The molecule has 7 heteroatoms. The molecule has 1 aromatic carbocycles. The third-order valence-corrected chi connectivity index (χ3v) is 3.94. The number of benzene rings is 1. The number of aromatic nitrogens is 2. The van der Waals surface area contributed by atoms with Crippen LogP contribution in [0.5, 0.6) is 5.75 Å². The molecule has 2 aromatic rings. The number of nitrogens with zero attached hydrogens (tertiary/aromatic N) is 2. The van der Waals surface area contributed by atoms with E-state index in [1.165, 1.54) is 12.8 Å². The Hall–Kier alpha value is -1.72. The minimum Gasteiger partial charge on any atom is -0.482 e. The molecular weight excluding hydrogens is 325 g/mol. The molecular formula is C15H15Cl2N3O2. The van der Waals surface area contributed by atoms with Crippen LogP contribution in [-0.4, -0.2) is 22.3 Å². The van der Waals surface area contributed by atoms with E-state index in [0.29, 0.717) is 27.5 Å². The van der Waals surface area contributed by atoms with Crippen molar-refractivity contribution in [2.75, 3.05) is 11.9 Å². The smallest absolute Gasteiger partial charge is 0.263 e. The fraction of sp³-hybridized carbons (Fsp3) is 0.333. The van der Waals surface area contributed by atoms with Gasteiger partial charge in [0.25, 0.3) is 5.91 Å². The topological polar surface area (TPSA) is 56.2 Å². The zero-order chi connectivity index (χ0) is 15.7. The Morgan fingerprint density at radius 2 is 2.18 bits per heavy atom. The standard InChI is InChI=1S/C15H15Cl2N3O2/c1-20-14(7-12(19-20)9-2-3-9)18-15(21)8-22-13-5-4-10(16)6-11(13)17/h4-7,9H,2-3,8H2,1H3,(H,18,21).